The van der Waals surface area contributed by atoms with Crippen molar-refractivity contribution in [2.24, 2.45) is 5.92 Å². The summed E-state index contributed by atoms with van der Waals surface area (Å²) in [5.74, 6) is 1.60. The Hall–Kier alpha value is -1.53. The molecule has 0 amide bonds. The van der Waals surface area contributed by atoms with Gasteiger partial charge in [0.25, 0.3) is 0 Å². The van der Waals surface area contributed by atoms with Gasteiger partial charge in [-0.05, 0) is 17.7 Å². The number of benzene rings is 1. The second kappa shape index (κ2) is 7.16. The summed E-state index contributed by atoms with van der Waals surface area (Å²) in [5.41, 5.74) is 1.61. The molecule has 2 unspecified atom stereocenters. The molecule has 2 atom stereocenters. The Kier molecular flexibility index (Phi) is 6.03. The van der Waals surface area contributed by atoms with E-state index in [0.717, 1.165) is 18.7 Å². The largest absolute Gasteiger partial charge is 0.673 e. The zero-order valence-electron chi connectivity index (χ0n) is 13.3. The van der Waals surface area contributed by atoms with E-state index in [9.17, 15) is 17.3 Å². The maximum atomic E-state index is 9.75. The van der Waals surface area contributed by atoms with Crippen molar-refractivity contribution in [3.8, 4) is 5.75 Å². The van der Waals surface area contributed by atoms with Crippen LogP contribution in [0.25, 0.3) is 0 Å². The highest BCUT2D eigenvalue weighted by Crippen LogP contribution is 2.38. The van der Waals surface area contributed by atoms with Crippen molar-refractivity contribution in [2.75, 3.05) is 20.7 Å². The van der Waals surface area contributed by atoms with Crippen LogP contribution in [0.2, 0.25) is 0 Å². The number of rotatable bonds is 2. The van der Waals surface area contributed by atoms with Crippen molar-refractivity contribution in [1.29, 1.82) is 0 Å². The molecule has 0 fully saturated rings. The van der Waals surface area contributed by atoms with E-state index < -0.39 is 7.25 Å². The van der Waals surface area contributed by atoms with Gasteiger partial charge >= 0.3 is 7.25 Å². The molecular formula is C15H22BF4NO. The second-order valence-corrected chi connectivity index (χ2v) is 5.87. The molecule has 1 aromatic rings. The van der Waals surface area contributed by atoms with Gasteiger partial charge in [0.15, 0.2) is 0 Å². The summed E-state index contributed by atoms with van der Waals surface area (Å²) >= 11 is 0. The topological polar surface area (TPSA) is 12.2 Å². The van der Waals surface area contributed by atoms with Crippen LogP contribution in [0, 0.1) is 5.92 Å². The van der Waals surface area contributed by atoms with Gasteiger partial charge in [0, 0.05) is 17.8 Å². The fourth-order valence-corrected chi connectivity index (χ4v) is 2.64. The van der Waals surface area contributed by atoms with Gasteiger partial charge in [-0.1, -0.05) is 26.0 Å². The lowest BCUT2D eigenvalue weighted by molar-refractivity contribution is -0.508. The van der Waals surface area contributed by atoms with Crippen molar-refractivity contribution < 1.29 is 26.6 Å². The standard InChI is InChI=1S/C15H22NO.BF4/c1-12-11-16(3)9-8-15(12,2)13-6-5-7-14(10-13)17-4;2-1(3,4)5/h5-7,9-10,12H,8,11H2,1-4H3;/q+1;-1. The first-order valence-electron chi connectivity index (χ1n) is 7.11. The van der Waals surface area contributed by atoms with E-state index in [0.29, 0.717) is 5.92 Å². The molecule has 7 heteroatoms. The third-order valence-electron chi connectivity index (χ3n) is 4.21. The molecule has 2 rings (SSSR count). The minimum Gasteiger partial charge on any atom is -0.497 e. The molecular weight excluding hydrogens is 297 g/mol. The molecule has 0 aromatic heterocycles. The maximum absolute atomic E-state index is 9.75. The second-order valence-electron chi connectivity index (χ2n) is 5.87. The van der Waals surface area contributed by atoms with Gasteiger partial charge in [0.1, 0.15) is 25.6 Å². The van der Waals surface area contributed by atoms with Crippen LogP contribution in [-0.2, 0) is 5.41 Å². The number of ether oxygens (including phenoxy) is 1. The van der Waals surface area contributed by atoms with E-state index in [4.69, 9.17) is 4.74 Å². The van der Waals surface area contributed by atoms with Crippen LogP contribution in [-0.4, -0.2) is 38.7 Å². The lowest BCUT2D eigenvalue weighted by Gasteiger charge is -2.36. The number of nitrogens with zero attached hydrogens (tertiary/aromatic N) is 1. The maximum Gasteiger partial charge on any atom is 0.673 e. The van der Waals surface area contributed by atoms with E-state index in [2.05, 4.69) is 49.9 Å². The van der Waals surface area contributed by atoms with E-state index in [-0.39, 0.29) is 5.41 Å². The van der Waals surface area contributed by atoms with E-state index >= 15 is 0 Å². The van der Waals surface area contributed by atoms with Crippen LogP contribution >= 0.6 is 0 Å². The lowest BCUT2D eigenvalue weighted by atomic mass is 9.69. The van der Waals surface area contributed by atoms with Crippen molar-refractivity contribution in [3.05, 3.63) is 29.8 Å². The van der Waals surface area contributed by atoms with Crippen molar-refractivity contribution in [3.63, 3.8) is 0 Å². The van der Waals surface area contributed by atoms with Crippen LogP contribution < -0.4 is 4.74 Å². The van der Waals surface area contributed by atoms with Crippen LogP contribution in [0.3, 0.4) is 0 Å². The van der Waals surface area contributed by atoms with Gasteiger partial charge in [-0.15, -0.1) is 0 Å². The SMILES string of the molecule is COc1cccc(C2(C)CC=[N+](C)CC2C)c1.F[B-](F)(F)F. The van der Waals surface area contributed by atoms with Crippen molar-refractivity contribution in [1.82, 2.24) is 0 Å². The van der Waals surface area contributed by atoms with Crippen LogP contribution in [0.5, 0.6) is 5.75 Å². The van der Waals surface area contributed by atoms with Gasteiger partial charge in [-0.2, -0.15) is 0 Å². The molecule has 1 aliphatic heterocycles. The van der Waals surface area contributed by atoms with E-state index in [1.165, 1.54) is 5.56 Å². The Morgan fingerprint density at radius 1 is 1.27 bits per heavy atom. The predicted octanol–water partition coefficient (Wildman–Crippen LogP) is 4.01. The highest BCUT2D eigenvalue weighted by Gasteiger charge is 2.38. The molecule has 0 bridgehead atoms. The average molecular weight is 319 g/mol. The first-order chi connectivity index (χ1) is 10.1. The Bertz CT molecular complexity index is 527. The summed E-state index contributed by atoms with van der Waals surface area (Å²) in [6.45, 7) is 5.81. The van der Waals surface area contributed by atoms with Gasteiger partial charge in [0.2, 0.25) is 0 Å². The molecule has 0 radical (unpaired) electrons. The molecule has 0 spiro atoms. The number of halogens is 4. The third-order valence-corrected chi connectivity index (χ3v) is 4.21. The number of methoxy groups -OCH3 is 1. The quantitative estimate of drug-likeness (QED) is 0.456. The minimum absolute atomic E-state index is 0.223. The summed E-state index contributed by atoms with van der Waals surface area (Å²) in [4.78, 5) is 0. The molecule has 1 aliphatic rings. The predicted molar refractivity (Wildman–Crippen MR) is 81.4 cm³/mol. The average Bonchev–Trinajstić information content (AvgIpc) is 2.41. The van der Waals surface area contributed by atoms with Crippen molar-refractivity contribution >= 4 is 13.5 Å². The highest BCUT2D eigenvalue weighted by molar-refractivity contribution is 6.50. The molecule has 1 heterocycles. The lowest BCUT2D eigenvalue weighted by Crippen LogP contribution is -2.40. The fourth-order valence-electron chi connectivity index (χ4n) is 2.64. The zero-order valence-corrected chi connectivity index (χ0v) is 13.3. The van der Waals surface area contributed by atoms with Gasteiger partial charge in [-0.25, -0.2) is 4.58 Å². The van der Waals surface area contributed by atoms with Crippen LogP contribution in [0.1, 0.15) is 25.8 Å². The van der Waals surface area contributed by atoms with Gasteiger partial charge in [-0.3, -0.25) is 0 Å². The summed E-state index contributed by atoms with van der Waals surface area (Å²) in [5, 5.41) is 0. The van der Waals surface area contributed by atoms with Crippen LogP contribution in [0.15, 0.2) is 24.3 Å². The Morgan fingerprint density at radius 2 is 1.86 bits per heavy atom. The molecule has 2 nitrogen and oxygen atoms in total. The Labute approximate surface area is 128 Å². The molecule has 124 valence electrons. The first kappa shape index (κ1) is 18.5. The van der Waals surface area contributed by atoms with Gasteiger partial charge < -0.3 is 22.0 Å². The zero-order chi connectivity index (χ0) is 17.0. The summed E-state index contributed by atoms with van der Waals surface area (Å²) in [6, 6.07) is 8.49. The third kappa shape index (κ3) is 5.35. The summed E-state index contributed by atoms with van der Waals surface area (Å²) in [6.07, 6.45) is 3.40. The monoisotopic (exact) mass is 319 g/mol. The normalized spacial score (nSPS) is 24.9. The smallest absolute Gasteiger partial charge is 0.497 e. The first-order valence-corrected chi connectivity index (χ1v) is 7.11. The molecule has 1 aromatic carbocycles. The summed E-state index contributed by atoms with van der Waals surface area (Å²) in [7, 11) is -2.12. The molecule has 0 saturated carbocycles. The van der Waals surface area contributed by atoms with E-state index in [1.54, 1.807) is 7.11 Å². The van der Waals surface area contributed by atoms with Crippen LogP contribution in [0.4, 0.5) is 17.3 Å². The molecule has 0 saturated heterocycles. The Morgan fingerprint density at radius 3 is 2.36 bits per heavy atom. The minimum atomic E-state index is -6.00. The number of hydrogen-bond donors (Lipinski definition) is 0. The van der Waals surface area contributed by atoms with Crippen molar-refractivity contribution in [2.45, 2.75) is 25.7 Å². The van der Waals surface area contributed by atoms with Gasteiger partial charge in [0.05, 0.1) is 7.11 Å². The molecule has 22 heavy (non-hydrogen) atoms. The summed E-state index contributed by atoms with van der Waals surface area (Å²) < 4.78 is 46.6. The van der Waals surface area contributed by atoms with E-state index in [1.807, 2.05) is 6.07 Å². The molecule has 0 aliphatic carbocycles. The highest BCUT2D eigenvalue weighted by atomic mass is 19.5. The fraction of sp³-hybridized carbons (Fsp3) is 0.533. The Balaban J connectivity index is 0.000000422. The molecule has 0 N–H and O–H groups in total. The number of hydrogen-bond acceptors (Lipinski definition) is 1.